The van der Waals surface area contributed by atoms with Gasteiger partial charge in [0.05, 0.1) is 29.5 Å². The summed E-state index contributed by atoms with van der Waals surface area (Å²) in [6.45, 7) is 8.18. The van der Waals surface area contributed by atoms with Crippen molar-refractivity contribution in [2.24, 2.45) is 0 Å². The van der Waals surface area contributed by atoms with Crippen LogP contribution < -0.4 is 14.5 Å². The molecule has 3 aromatic carbocycles. The zero-order chi connectivity index (χ0) is 28.4. The van der Waals surface area contributed by atoms with Gasteiger partial charge in [-0.1, -0.05) is 24.3 Å². The van der Waals surface area contributed by atoms with Crippen LogP contribution in [-0.4, -0.2) is 36.4 Å². The van der Waals surface area contributed by atoms with Gasteiger partial charge in [0.25, 0.3) is 5.91 Å². The van der Waals surface area contributed by atoms with Gasteiger partial charge in [-0.15, -0.1) is 0 Å². The summed E-state index contributed by atoms with van der Waals surface area (Å²) in [7, 11) is 0. The molecule has 0 N–H and O–H groups in total. The first kappa shape index (κ1) is 28.1. The first-order chi connectivity index (χ1) is 18.5. The molecule has 1 saturated heterocycles. The quantitative estimate of drug-likeness (QED) is 0.238. The molecule has 0 saturated carbocycles. The summed E-state index contributed by atoms with van der Waals surface area (Å²) in [6, 6.07) is 19.6. The summed E-state index contributed by atoms with van der Waals surface area (Å²) in [5.41, 5.74) is -0.398. The number of alkyl halides is 3. The largest absolute Gasteiger partial charge is 0.491 e. The molecule has 10 heteroatoms. The van der Waals surface area contributed by atoms with Gasteiger partial charge in [-0.2, -0.15) is 18.4 Å². The van der Waals surface area contributed by atoms with E-state index in [-0.39, 0.29) is 10.8 Å². The third-order valence-electron chi connectivity index (χ3n) is 6.31. The fraction of sp³-hybridized carbons (Fsp3) is 0.241. The molecule has 0 aromatic heterocycles. The van der Waals surface area contributed by atoms with Crippen LogP contribution in [0.3, 0.4) is 0 Å². The van der Waals surface area contributed by atoms with Crippen molar-refractivity contribution >= 4 is 34.6 Å². The molecule has 1 aliphatic heterocycles. The molecule has 201 valence electrons. The average molecular weight is 553 g/mol. The Hall–Kier alpha value is -3.94. The highest BCUT2D eigenvalue weighted by Gasteiger charge is 2.50. The molecule has 0 bridgehead atoms. The Morgan fingerprint density at radius 3 is 2.13 bits per heavy atom. The van der Waals surface area contributed by atoms with Gasteiger partial charge in [0.1, 0.15) is 17.9 Å². The number of ether oxygens (including phenoxy) is 2. The third kappa shape index (κ3) is 5.60. The number of carbonyl (C=O) groups excluding carboxylic acids is 1. The van der Waals surface area contributed by atoms with E-state index in [9.17, 15) is 18.0 Å². The lowest BCUT2D eigenvalue weighted by Crippen LogP contribution is -2.44. The number of amides is 1. The van der Waals surface area contributed by atoms with Gasteiger partial charge in [0.15, 0.2) is 5.11 Å². The van der Waals surface area contributed by atoms with Gasteiger partial charge in [0.2, 0.25) is 0 Å². The molecule has 1 heterocycles. The second-order valence-corrected chi connectivity index (χ2v) is 9.55. The van der Waals surface area contributed by atoms with Crippen LogP contribution in [-0.2, 0) is 15.7 Å². The maximum absolute atomic E-state index is 13.6. The molecule has 1 fully saturated rings. The lowest BCUT2D eigenvalue weighted by Gasteiger charge is -2.29. The van der Waals surface area contributed by atoms with Crippen LogP contribution in [0, 0.1) is 18.3 Å². The second kappa shape index (κ2) is 11.0. The smallest absolute Gasteiger partial charge is 0.417 e. The summed E-state index contributed by atoms with van der Waals surface area (Å²) in [5.74, 6) is 0.230. The van der Waals surface area contributed by atoms with Crippen LogP contribution in [0.5, 0.6) is 5.75 Å². The molecule has 3 aromatic rings. The number of nitriles is 1. The van der Waals surface area contributed by atoms with Gasteiger partial charge in [-0.3, -0.25) is 9.69 Å². The predicted molar refractivity (Wildman–Crippen MR) is 146 cm³/mol. The van der Waals surface area contributed by atoms with E-state index in [1.54, 1.807) is 36.9 Å². The highest BCUT2D eigenvalue weighted by Crippen LogP contribution is 2.40. The Morgan fingerprint density at radius 2 is 1.56 bits per heavy atom. The minimum atomic E-state index is -4.76. The number of rotatable bonds is 8. The number of anilines is 2. The summed E-state index contributed by atoms with van der Waals surface area (Å²) < 4.78 is 51.5. The van der Waals surface area contributed by atoms with Gasteiger partial charge in [-0.05, 0) is 86.6 Å². The number of nitrogens with zero attached hydrogens (tertiary/aromatic N) is 3. The molecule has 4 rings (SSSR count). The molecule has 1 amide bonds. The zero-order valence-electron chi connectivity index (χ0n) is 21.3. The summed E-state index contributed by atoms with van der Waals surface area (Å²) in [6.07, 6.45) is -4.76. The van der Waals surface area contributed by atoms with Crippen molar-refractivity contribution in [2.45, 2.75) is 25.6 Å². The van der Waals surface area contributed by atoms with E-state index >= 15 is 0 Å². The first-order valence-corrected chi connectivity index (χ1v) is 12.4. The Balaban J connectivity index is 1.58. The minimum Gasteiger partial charge on any atom is -0.491 e. The predicted octanol–water partition coefficient (Wildman–Crippen LogP) is 6.39. The minimum absolute atomic E-state index is 0.0416. The maximum Gasteiger partial charge on any atom is 0.417 e. The van der Waals surface area contributed by atoms with Crippen molar-refractivity contribution < 1.29 is 27.4 Å². The van der Waals surface area contributed by atoms with Crippen LogP contribution >= 0.6 is 12.2 Å². The number of halogens is 3. The van der Waals surface area contributed by atoms with Crippen molar-refractivity contribution in [1.82, 2.24) is 0 Å². The van der Waals surface area contributed by atoms with Crippen LogP contribution in [0.1, 0.15) is 25.0 Å². The number of hydrogen-bond donors (Lipinski definition) is 0. The first-order valence-electron chi connectivity index (χ1n) is 12.0. The molecule has 0 spiro atoms. The van der Waals surface area contributed by atoms with Crippen molar-refractivity contribution in [3.63, 3.8) is 0 Å². The summed E-state index contributed by atoms with van der Waals surface area (Å²) in [5, 5.41) is 9.15. The number of benzene rings is 3. The zero-order valence-corrected chi connectivity index (χ0v) is 22.1. The Kier molecular flexibility index (Phi) is 7.95. The van der Waals surface area contributed by atoms with Crippen molar-refractivity contribution in [1.29, 1.82) is 5.26 Å². The van der Waals surface area contributed by atoms with Gasteiger partial charge in [-0.25, -0.2) is 0 Å². The topological polar surface area (TPSA) is 65.8 Å². The Morgan fingerprint density at radius 1 is 0.974 bits per heavy atom. The fourth-order valence-electron chi connectivity index (χ4n) is 4.33. The monoisotopic (exact) mass is 552 g/mol. The Bertz CT molecular complexity index is 1410. The van der Waals surface area contributed by atoms with Crippen molar-refractivity contribution in [2.75, 3.05) is 29.6 Å². The van der Waals surface area contributed by atoms with E-state index in [2.05, 4.69) is 6.92 Å². The third-order valence-corrected chi connectivity index (χ3v) is 6.67. The van der Waals surface area contributed by atoms with Crippen LogP contribution in [0.4, 0.5) is 24.5 Å². The van der Waals surface area contributed by atoms with E-state index in [0.29, 0.717) is 31.3 Å². The maximum atomic E-state index is 13.6. The standard InChI is InChI=1S/C29H25F3N3O3S/c1-4-37-15-16-38-24-13-8-20(9-14-24)19-5-10-22(11-6-19)35-27(39)34(26(36)28(35,2)3)23-12-7-21(18-33)25(17-23)29(30,31)32/h5-14,17H,1,4,15-16H2,2-3H3. The fourth-order valence-corrected chi connectivity index (χ4v) is 4.85. The van der Waals surface area contributed by atoms with Crippen molar-refractivity contribution in [3.05, 3.63) is 84.8 Å². The van der Waals surface area contributed by atoms with E-state index in [1.807, 2.05) is 36.4 Å². The summed E-state index contributed by atoms with van der Waals surface area (Å²) >= 11 is 5.60. The molecule has 1 radical (unpaired) electrons. The van der Waals surface area contributed by atoms with Gasteiger partial charge < -0.3 is 14.4 Å². The van der Waals surface area contributed by atoms with Crippen LogP contribution in [0.15, 0.2) is 66.7 Å². The van der Waals surface area contributed by atoms with E-state index in [1.165, 1.54) is 6.07 Å². The normalized spacial score (nSPS) is 15.0. The van der Waals surface area contributed by atoms with E-state index < -0.39 is 28.7 Å². The average Bonchev–Trinajstić information content (AvgIpc) is 3.09. The van der Waals surface area contributed by atoms with Gasteiger partial charge in [0, 0.05) is 12.3 Å². The molecule has 0 unspecified atom stereocenters. The molecular weight excluding hydrogens is 527 g/mol. The summed E-state index contributed by atoms with van der Waals surface area (Å²) in [4.78, 5) is 16.1. The van der Waals surface area contributed by atoms with Crippen LogP contribution in [0.25, 0.3) is 11.1 Å². The van der Waals surface area contributed by atoms with E-state index in [4.69, 9.17) is 27.0 Å². The molecule has 1 aliphatic rings. The Labute approximate surface area is 230 Å². The lowest BCUT2D eigenvalue weighted by molar-refractivity contribution is -0.137. The highest BCUT2D eigenvalue weighted by atomic mass is 32.1. The molecule has 39 heavy (non-hydrogen) atoms. The SMILES string of the molecule is [CH2]COCCOc1ccc(-c2ccc(N3C(=S)N(c4ccc(C#N)c(C(F)(F)F)c4)C(=O)C3(C)C)cc2)cc1. The van der Waals surface area contributed by atoms with E-state index in [0.717, 1.165) is 28.2 Å². The van der Waals surface area contributed by atoms with Gasteiger partial charge >= 0.3 is 6.18 Å². The lowest BCUT2D eigenvalue weighted by atomic mass is 10.0. The highest BCUT2D eigenvalue weighted by molar-refractivity contribution is 7.81. The number of hydrogen-bond acceptors (Lipinski definition) is 5. The van der Waals surface area contributed by atoms with Crippen LogP contribution in [0.2, 0.25) is 0 Å². The molecule has 6 nitrogen and oxygen atoms in total. The molecule has 0 aliphatic carbocycles. The molecular formula is C29H25F3N3O3S. The molecule has 0 atom stereocenters. The number of carbonyl (C=O) groups is 1. The second-order valence-electron chi connectivity index (χ2n) is 9.19. The van der Waals surface area contributed by atoms with Crippen molar-refractivity contribution in [3.8, 4) is 22.9 Å². The number of thiocarbonyl (C=S) groups is 1.